The summed E-state index contributed by atoms with van der Waals surface area (Å²) in [4.78, 5) is 13.7. The standard InChI is InChI=1S/C15H19N5O2/c16-12-5-3-4-11(10-12)14-13(15(21)22)17-18-20(14)9-8-19-6-1-2-7-19/h3-5,10H,1-2,6-9,16H2,(H,21,22). The molecule has 0 amide bonds. The van der Waals surface area contributed by atoms with Gasteiger partial charge in [0, 0.05) is 17.8 Å². The molecule has 7 heteroatoms. The number of benzene rings is 1. The summed E-state index contributed by atoms with van der Waals surface area (Å²) in [5.41, 5.74) is 7.60. The molecular weight excluding hydrogens is 282 g/mol. The first kappa shape index (κ1) is 14.5. The molecule has 0 unspecified atom stereocenters. The van der Waals surface area contributed by atoms with Crippen LogP contribution in [-0.4, -0.2) is 50.6 Å². The van der Waals surface area contributed by atoms with Crippen molar-refractivity contribution >= 4 is 11.7 Å². The van der Waals surface area contributed by atoms with Crippen LogP contribution in [0, 0.1) is 0 Å². The lowest BCUT2D eigenvalue weighted by Gasteiger charge is -2.15. The number of rotatable bonds is 5. The van der Waals surface area contributed by atoms with Crippen LogP contribution in [-0.2, 0) is 6.54 Å². The smallest absolute Gasteiger partial charge is 0.358 e. The van der Waals surface area contributed by atoms with Crippen LogP contribution in [0.25, 0.3) is 11.3 Å². The number of aromatic nitrogens is 3. The molecule has 1 aliphatic rings. The highest BCUT2D eigenvalue weighted by atomic mass is 16.4. The van der Waals surface area contributed by atoms with E-state index in [1.807, 2.05) is 6.07 Å². The maximum atomic E-state index is 11.4. The van der Waals surface area contributed by atoms with Crippen LogP contribution in [0.3, 0.4) is 0 Å². The van der Waals surface area contributed by atoms with Crippen molar-refractivity contribution in [2.45, 2.75) is 19.4 Å². The van der Waals surface area contributed by atoms with Crippen molar-refractivity contribution in [2.75, 3.05) is 25.4 Å². The number of carboxylic acid groups (broad SMARTS) is 1. The quantitative estimate of drug-likeness (QED) is 0.808. The molecule has 1 aromatic heterocycles. The topological polar surface area (TPSA) is 97.3 Å². The van der Waals surface area contributed by atoms with Crippen LogP contribution in [0.15, 0.2) is 24.3 Å². The molecule has 1 aliphatic heterocycles. The van der Waals surface area contributed by atoms with E-state index >= 15 is 0 Å². The Morgan fingerprint density at radius 1 is 1.27 bits per heavy atom. The molecule has 0 saturated carbocycles. The monoisotopic (exact) mass is 301 g/mol. The zero-order valence-corrected chi connectivity index (χ0v) is 12.3. The Kier molecular flexibility index (Phi) is 4.06. The molecule has 22 heavy (non-hydrogen) atoms. The van der Waals surface area contributed by atoms with Crippen LogP contribution in [0.1, 0.15) is 23.3 Å². The highest BCUT2D eigenvalue weighted by Gasteiger charge is 2.21. The van der Waals surface area contributed by atoms with Crippen molar-refractivity contribution < 1.29 is 9.90 Å². The molecule has 7 nitrogen and oxygen atoms in total. The molecule has 1 fully saturated rings. The van der Waals surface area contributed by atoms with E-state index in [2.05, 4.69) is 15.2 Å². The Balaban J connectivity index is 1.91. The van der Waals surface area contributed by atoms with E-state index in [0.29, 0.717) is 17.9 Å². The number of hydrogen-bond acceptors (Lipinski definition) is 5. The van der Waals surface area contributed by atoms with Crippen molar-refractivity contribution in [3.8, 4) is 11.3 Å². The number of aromatic carboxylic acids is 1. The molecule has 0 bridgehead atoms. The Morgan fingerprint density at radius 3 is 2.73 bits per heavy atom. The van der Waals surface area contributed by atoms with E-state index in [4.69, 9.17) is 5.73 Å². The van der Waals surface area contributed by atoms with Gasteiger partial charge in [-0.3, -0.25) is 0 Å². The fourth-order valence-electron chi connectivity index (χ4n) is 2.83. The van der Waals surface area contributed by atoms with Crippen LogP contribution in [0.5, 0.6) is 0 Å². The van der Waals surface area contributed by atoms with Gasteiger partial charge in [0.2, 0.25) is 0 Å². The van der Waals surface area contributed by atoms with Gasteiger partial charge in [0.05, 0.1) is 6.54 Å². The van der Waals surface area contributed by atoms with E-state index in [1.165, 1.54) is 12.8 Å². The normalized spacial score (nSPS) is 15.3. The van der Waals surface area contributed by atoms with Crippen molar-refractivity contribution in [1.29, 1.82) is 0 Å². The Hall–Kier alpha value is -2.41. The van der Waals surface area contributed by atoms with Crippen molar-refractivity contribution in [1.82, 2.24) is 19.9 Å². The Bertz CT molecular complexity index is 676. The molecule has 2 heterocycles. The fourth-order valence-corrected chi connectivity index (χ4v) is 2.83. The van der Waals surface area contributed by atoms with Gasteiger partial charge in [-0.25, -0.2) is 9.48 Å². The zero-order chi connectivity index (χ0) is 15.5. The molecule has 1 saturated heterocycles. The number of anilines is 1. The summed E-state index contributed by atoms with van der Waals surface area (Å²) in [5.74, 6) is -1.08. The van der Waals surface area contributed by atoms with Gasteiger partial charge in [-0.15, -0.1) is 5.10 Å². The summed E-state index contributed by atoms with van der Waals surface area (Å²) < 4.78 is 1.66. The molecule has 0 spiro atoms. The third-order valence-electron chi connectivity index (χ3n) is 3.92. The van der Waals surface area contributed by atoms with E-state index in [0.717, 1.165) is 25.2 Å². The lowest BCUT2D eigenvalue weighted by atomic mass is 10.1. The second kappa shape index (κ2) is 6.15. The lowest BCUT2D eigenvalue weighted by Crippen LogP contribution is -2.24. The SMILES string of the molecule is Nc1cccc(-c2c(C(=O)O)nnn2CCN2CCCC2)c1. The molecule has 2 aromatic rings. The van der Waals surface area contributed by atoms with Crippen LogP contribution < -0.4 is 5.73 Å². The first-order chi connectivity index (χ1) is 10.6. The van der Waals surface area contributed by atoms with Crippen LogP contribution in [0.2, 0.25) is 0 Å². The summed E-state index contributed by atoms with van der Waals surface area (Å²) >= 11 is 0. The molecule has 0 aliphatic carbocycles. The van der Waals surface area contributed by atoms with Crippen LogP contribution >= 0.6 is 0 Å². The number of nitrogen functional groups attached to an aromatic ring is 1. The number of likely N-dealkylation sites (tertiary alicyclic amines) is 1. The fraction of sp³-hybridized carbons (Fsp3) is 0.400. The zero-order valence-electron chi connectivity index (χ0n) is 12.3. The number of nitrogens with two attached hydrogens (primary N) is 1. The molecular formula is C15H19N5O2. The Morgan fingerprint density at radius 2 is 2.05 bits per heavy atom. The maximum Gasteiger partial charge on any atom is 0.358 e. The molecule has 116 valence electrons. The number of hydrogen-bond donors (Lipinski definition) is 2. The Labute approximate surface area is 128 Å². The predicted molar refractivity (Wildman–Crippen MR) is 82.5 cm³/mol. The highest BCUT2D eigenvalue weighted by molar-refractivity contribution is 5.92. The van der Waals surface area contributed by atoms with Gasteiger partial charge in [-0.1, -0.05) is 17.3 Å². The third kappa shape index (κ3) is 2.94. The second-order valence-electron chi connectivity index (χ2n) is 5.49. The average molecular weight is 301 g/mol. The van der Waals surface area contributed by atoms with Gasteiger partial charge in [0.15, 0.2) is 5.69 Å². The minimum atomic E-state index is -1.08. The van der Waals surface area contributed by atoms with Gasteiger partial charge < -0.3 is 15.7 Å². The summed E-state index contributed by atoms with van der Waals surface area (Å²) in [6, 6.07) is 7.14. The van der Waals surface area contributed by atoms with E-state index in [9.17, 15) is 9.90 Å². The molecule has 3 N–H and O–H groups in total. The minimum Gasteiger partial charge on any atom is -0.476 e. The molecule has 0 radical (unpaired) electrons. The predicted octanol–water partition coefficient (Wildman–Crippen LogP) is 1.32. The highest BCUT2D eigenvalue weighted by Crippen LogP contribution is 2.24. The second-order valence-corrected chi connectivity index (χ2v) is 5.49. The molecule has 1 aromatic carbocycles. The maximum absolute atomic E-state index is 11.4. The van der Waals surface area contributed by atoms with Gasteiger partial charge in [-0.2, -0.15) is 0 Å². The third-order valence-corrected chi connectivity index (χ3v) is 3.92. The summed E-state index contributed by atoms with van der Waals surface area (Å²) in [6.45, 7) is 3.64. The van der Waals surface area contributed by atoms with E-state index in [1.54, 1.807) is 22.9 Å². The number of carbonyl (C=O) groups is 1. The number of nitrogens with zero attached hydrogens (tertiary/aromatic N) is 4. The van der Waals surface area contributed by atoms with Gasteiger partial charge in [0.25, 0.3) is 0 Å². The molecule has 0 atom stereocenters. The van der Waals surface area contributed by atoms with E-state index < -0.39 is 5.97 Å². The minimum absolute atomic E-state index is 0.0352. The average Bonchev–Trinajstić information content (AvgIpc) is 3.14. The summed E-state index contributed by atoms with van der Waals surface area (Å²) in [5, 5.41) is 17.2. The van der Waals surface area contributed by atoms with Gasteiger partial charge in [-0.05, 0) is 38.1 Å². The van der Waals surface area contributed by atoms with Gasteiger partial charge in [0.1, 0.15) is 5.69 Å². The molecule has 3 rings (SSSR count). The number of carboxylic acids is 1. The van der Waals surface area contributed by atoms with Crippen molar-refractivity contribution in [3.05, 3.63) is 30.0 Å². The first-order valence-corrected chi connectivity index (χ1v) is 7.40. The lowest BCUT2D eigenvalue weighted by molar-refractivity contribution is 0.0691. The van der Waals surface area contributed by atoms with Crippen molar-refractivity contribution in [2.24, 2.45) is 0 Å². The largest absolute Gasteiger partial charge is 0.476 e. The summed E-state index contributed by atoms with van der Waals surface area (Å²) in [6.07, 6.45) is 2.44. The van der Waals surface area contributed by atoms with Crippen LogP contribution in [0.4, 0.5) is 5.69 Å². The first-order valence-electron chi connectivity index (χ1n) is 7.40. The summed E-state index contributed by atoms with van der Waals surface area (Å²) in [7, 11) is 0. The van der Waals surface area contributed by atoms with E-state index in [-0.39, 0.29) is 5.69 Å². The van der Waals surface area contributed by atoms with Crippen molar-refractivity contribution in [3.63, 3.8) is 0 Å². The van der Waals surface area contributed by atoms with Gasteiger partial charge >= 0.3 is 5.97 Å².